The minimum Gasteiger partial charge on any atom is -0.491 e. The molecule has 0 saturated carbocycles. The normalized spacial score (nSPS) is 19.4. The summed E-state index contributed by atoms with van der Waals surface area (Å²) in [6.45, 7) is 3.95. The Hall–Kier alpha value is -1.84. The molecule has 2 rings (SSSR count). The van der Waals surface area contributed by atoms with Crippen LogP contribution in [0, 0.1) is 5.92 Å². The first-order chi connectivity index (χ1) is 9.04. The summed E-state index contributed by atoms with van der Waals surface area (Å²) in [6.07, 6.45) is 1.64. The van der Waals surface area contributed by atoms with Gasteiger partial charge in [-0.25, -0.2) is 0 Å². The zero-order valence-electron chi connectivity index (χ0n) is 11.2. The van der Waals surface area contributed by atoms with Crippen molar-refractivity contribution >= 4 is 11.9 Å². The highest BCUT2D eigenvalue weighted by molar-refractivity contribution is 5.89. The fourth-order valence-electron chi connectivity index (χ4n) is 2.10. The molecule has 0 amide bonds. The van der Waals surface area contributed by atoms with Gasteiger partial charge in [0, 0.05) is 6.42 Å². The van der Waals surface area contributed by atoms with Crippen molar-refractivity contribution in [1.29, 1.82) is 0 Å². The van der Waals surface area contributed by atoms with Gasteiger partial charge >= 0.3 is 11.9 Å². The summed E-state index contributed by atoms with van der Waals surface area (Å²) in [7, 11) is 0. The van der Waals surface area contributed by atoms with E-state index in [0.717, 1.165) is 11.3 Å². The number of carbonyl (C=O) groups is 2. The molecule has 0 aliphatic carbocycles. The molecule has 0 N–H and O–H groups in total. The van der Waals surface area contributed by atoms with E-state index in [1.54, 1.807) is 0 Å². The van der Waals surface area contributed by atoms with E-state index in [9.17, 15) is 9.59 Å². The van der Waals surface area contributed by atoms with Crippen LogP contribution in [0.1, 0.15) is 32.3 Å². The first-order valence-corrected chi connectivity index (χ1v) is 6.54. The molecule has 1 saturated heterocycles. The Morgan fingerprint density at radius 2 is 1.95 bits per heavy atom. The van der Waals surface area contributed by atoms with Gasteiger partial charge in [-0.3, -0.25) is 9.59 Å². The zero-order chi connectivity index (χ0) is 13.8. The Morgan fingerprint density at radius 1 is 1.26 bits per heavy atom. The molecule has 1 aliphatic heterocycles. The molecule has 1 heterocycles. The predicted octanol–water partition coefficient (Wildman–Crippen LogP) is 2.50. The van der Waals surface area contributed by atoms with E-state index in [4.69, 9.17) is 4.74 Å². The Bertz CT molecular complexity index is 462. The maximum atomic E-state index is 11.6. The standard InChI is InChI=1S/C15H18O4/c1-10(2)18-13-6-3-11(4-7-13)9-12-5-8-14(16)19-15(12)17/h3-4,6-7,10,12H,5,8-9H2,1-2H3. The largest absolute Gasteiger partial charge is 0.491 e. The van der Waals surface area contributed by atoms with Crippen LogP contribution >= 0.6 is 0 Å². The third kappa shape index (κ3) is 3.81. The maximum absolute atomic E-state index is 11.6. The van der Waals surface area contributed by atoms with Crippen molar-refractivity contribution in [2.45, 2.75) is 39.2 Å². The molecule has 0 aromatic heterocycles. The van der Waals surface area contributed by atoms with Crippen LogP contribution in [0.3, 0.4) is 0 Å². The van der Waals surface area contributed by atoms with Crippen LogP contribution < -0.4 is 4.74 Å². The Kier molecular flexibility index (Phi) is 4.20. The first kappa shape index (κ1) is 13.6. The number of benzene rings is 1. The number of rotatable bonds is 4. The van der Waals surface area contributed by atoms with E-state index in [2.05, 4.69) is 4.74 Å². The summed E-state index contributed by atoms with van der Waals surface area (Å²) in [5, 5.41) is 0. The van der Waals surface area contributed by atoms with Gasteiger partial charge in [-0.1, -0.05) is 12.1 Å². The second-order valence-corrected chi connectivity index (χ2v) is 5.04. The third-order valence-electron chi connectivity index (χ3n) is 3.02. The van der Waals surface area contributed by atoms with E-state index in [-0.39, 0.29) is 12.0 Å². The minimum absolute atomic E-state index is 0.144. The van der Waals surface area contributed by atoms with E-state index in [1.807, 2.05) is 38.1 Å². The van der Waals surface area contributed by atoms with Crippen molar-refractivity contribution in [2.75, 3.05) is 0 Å². The van der Waals surface area contributed by atoms with Crippen molar-refractivity contribution in [3.8, 4) is 5.75 Å². The molecule has 1 aromatic rings. The molecule has 4 heteroatoms. The minimum atomic E-state index is -0.415. The van der Waals surface area contributed by atoms with Gasteiger partial charge in [0.1, 0.15) is 5.75 Å². The second kappa shape index (κ2) is 5.87. The van der Waals surface area contributed by atoms with Crippen molar-refractivity contribution < 1.29 is 19.1 Å². The molecule has 102 valence electrons. The molecule has 1 unspecified atom stereocenters. The van der Waals surface area contributed by atoms with Crippen LogP contribution in [0.5, 0.6) is 5.75 Å². The highest BCUT2D eigenvalue weighted by atomic mass is 16.6. The number of hydrogen-bond donors (Lipinski definition) is 0. The lowest BCUT2D eigenvalue weighted by atomic mass is 9.93. The fourth-order valence-corrected chi connectivity index (χ4v) is 2.10. The summed E-state index contributed by atoms with van der Waals surface area (Å²) in [6, 6.07) is 7.69. The summed E-state index contributed by atoms with van der Waals surface area (Å²) >= 11 is 0. The Balaban J connectivity index is 1.96. The molecule has 1 atom stereocenters. The van der Waals surface area contributed by atoms with Crippen LogP contribution in [-0.4, -0.2) is 18.0 Å². The predicted molar refractivity (Wildman–Crippen MR) is 69.7 cm³/mol. The van der Waals surface area contributed by atoms with Gasteiger partial charge in [0.05, 0.1) is 12.0 Å². The number of ether oxygens (including phenoxy) is 2. The fraction of sp³-hybridized carbons (Fsp3) is 0.467. The van der Waals surface area contributed by atoms with E-state index < -0.39 is 11.9 Å². The molecule has 0 radical (unpaired) electrons. The second-order valence-electron chi connectivity index (χ2n) is 5.04. The highest BCUT2D eigenvalue weighted by Gasteiger charge is 2.28. The van der Waals surface area contributed by atoms with Crippen LogP contribution in [0.15, 0.2) is 24.3 Å². The lowest BCUT2D eigenvalue weighted by Gasteiger charge is -2.19. The average Bonchev–Trinajstić information content (AvgIpc) is 2.34. The van der Waals surface area contributed by atoms with Gasteiger partial charge in [-0.2, -0.15) is 0 Å². The summed E-state index contributed by atoms with van der Waals surface area (Å²) < 4.78 is 10.2. The van der Waals surface area contributed by atoms with Gasteiger partial charge in [0.2, 0.25) is 0 Å². The van der Waals surface area contributed by atoms with Crippen molar-refractivity contribution in [3.63, 3.8) is 0 Å². The van der Waals surface area contributed by atoms with Gasteiger partial charge < -0.3 is 9.47 Å². The van der Waals surface area contributed by atoms with Gasteiger partial charge in [-0.15, -0.1) is 0 Å². The number of esters is 2. The van der Waals surface area contributed by atoms with Gasteiger partial charge in [-0.05, 0) is 44.4 Å². The maximum Gasteiger partial charge on any atom is 0.316 e. The quantitative estimate of drug-likeness (QED) is 0.618. The zero-order valence-corrected chi connectivity index (χ0v) is 11.2. The van der Waals surface area contributed by atoms with Crippen molar-refractivity contribution in [3.05, 3.63) is 29.8 Å². The molecular formula is C15H18O4. The molecule has 0 bridgehead atoms. The summed E-state index contributed by atoms with van der Waals surface area (Å²) in [5.74, 6) is -0.213. The number of hydrogen-bond acceptors (Lipinski definition) is 4. The molecular weight excluding hydrogens is 244 g/mol. The molecule has 1 aromatic carbocycles. The molecule has 4 nitrogen and oxygen atoms in total. The summed E-state index contributed by atoms with van der Waals surface area (Å²) in [4.78, 5) is 22.5. The third-order valence-corrected chi connectivity index (χ3v) is 3.02. The molecule has 1 fully saturated rings. The highest BCUT2D eigenvalue weighted by Crippen LogP contribution is 2.22. The molecule has 0 spiro atoms. The van der Waals surface area contributed by atoms with Crippen LogP contribution in [0.2, 0.25) is 0 Å². The van der Waals surface area contributed by atoms with E-state index >= 15 is 0 Å². The smallest absolute Gasteiger partial charge is 0.316 e. The van der Waals surface area contributed by atoms with Gasteiger partial charge in [0.25, 0.3) is 0 Å². The van der Waals surface area contributed by atoms with Crippen LogP contribution in [0.4, 0.5) is 0 Å². The van der Waals surface area contributed by atoms with Crippen molar-refractivity contribution in [2.24, 2.45) is 5.92 Å². The average molecular weight is 262 g/mol. The molecule has 19 heavy (non-hydrogen) atoms. The SMILES string of the molecule is CC(C)Oc1ccc(CC2CCC(=O)OC2=O)cc1. The lowest BCUT2D eigenvalue weighted by molar-refractivity contribution is -0.167. The van der Waals surface area contributed by atoms with Crippen molar-refractivity contribution in [1.82, 2.24) is 0 Å². The molecule has 1 aliphatic rings. The summed E-state index contributed by atoms with van der Waals surface area (Å²) in [5.41, 5.74) is 1.05. The first-order valence-electron chi connectivity index (χ1n) is 6.54. The van der Waals surface area contributed by atoms with Crippen LogP contribution in [-0.2, 0) is 20.7 Å². The topological polar surface area (TPSA) is 52.6 Å². The Labute approximate surface area is 112 Å². The Morgan fingerprint density at radius 3 is 2.53 bits per heavy atom. The number of cyclic esters (lactones) is 2. The number of carbonyl (C=O) groups excluding carboxylic acids is 2. The van der Waals surface area contributed by atoms with E-state index in [0.29, 0.717) is 19.3 Å². The van der Waals surface area contributed by atoms with Crippen LogP contribution in [0.25, 0.3) is 0 Å². The van der Waals surface area contributed by atoms with Gasteiger partial charge in [0.15, 0.2) is 0 Å². The monoisotopic (exact) mass is 262 g/mol. The lowest BCUT2D eigenvalue weighted by Crippen LogP contribution is -2.29. The van der Waals surface area contributed by atoms with E-state index in [1.165, 1.54) is 0 Å².